The van der Waals surface area contributed by atoms with Gasteiger partial charge in [-0.05, 0) is 29.7 Å². The number of carbonyl (C=O) groups is 1. The van der Waals surface area contributed by atoms with E-state index in [0.717, 1.165) is 18.2 Å². The highest BCUT2D eigenvalue weighted by molar-refractivity contribution is 5.85. The van der Waals surface area contributed by atoms with Gasteiger partial charge in [-0.2, -0.15) is 13.2 Å². The van der Waals surface area contributed by atoms with Crippen LogP contribution in [-0.2, 0) is 11.0 Å². The molecular formula is C15H18F3NO2. The van der Waals surface area contributed by atoms with Crippen LogP contribution in [0.4, 0.5) is 18.9 Å². The van der Waals surface area contributed by atoms with E-state index in [4.69, 9.17) is 5.11 Å². The Kier molecular flexibility index (Phi) is 5.41. The van der Waals surface area contributed by atoms with Crippen LogP contribution in [0.15, 0.2) is 24.3 Å². The molecule has 0 spiro atoms. The molecule has 21 heavy (non-hydrogen) atoms. The molecule has 0 radical (unpaired) electrons. The van der Waals surface area contributed by atoms with Gasteiger partial charge in [0.2, 0.25) is 0 Å². The maximum absolute atomic E-state index is 13.2. The van der Waals surface area contributed by atoms with E-state index in [2.05, 4.69) is 0 Å². The molecule has 1 aromatic carbocycles. The van der Waals surface area contributed by atoms with Crippen molar-refractivity contribution >= 4 is 17.7 Å². The van der Waals surface area contributed by atoms with Crippen LogP contribution < -0.4 is 4.90 Å². The number of aliphatic carboxylic acids is 1. The number of hydrogen-bond acceptors (Lipinski definition) is 2. The fourth-order valence-corrected chi connectivity index (χ4v) is 2.03. The third-order valence-electron chi connectivity index (χ3n) is 2.79. The highest BCUT2D eigenvalue weighted by atomic mass is 19.4. The molecule has 0 amide bonds. The third-order valence-corrected chi connectivity index (χ3v) is 2.79. The lowest BCUT2D eigenvalue weighted by Crippen LogP contribution is -2.25. The van der Waals surface area contributed by atoms with Crippen molar-refractivity contribution in [1.29, 1.82) is 0 Å². The molecule has 0 aliphatic carbocycles. The lowest BCUT2D eigenvalue weighted by Gasteiger charge is -2.25. The quantitative estimate of drug-likeness (QED) is 0.839. The molecule has 3 nitrogen and oxygen atoms in total. The summed E-state index contributed by atoms with van der Waals surface area (Å²) in [5.41, 5.74) is -0.478. The van der Waals surface area contributed by atoms with Crippen LogP contribution in [0.1, 0.15) is 25.0 Å². The zero-order valence-electron chi connectivity index (χ0n) is 12.1. The van der Waals surface area contributed by atoms with E-state index in [1.807, 2.05) is 13.8 Å². The molecule has 0 bridgehead atoms. The fraction of sp³-hybridized carbons (Fsp3) is 0.400. The molecule has 1 rings (SSSR count). The van der Waals surface area contributed by atoms with Gasteiger partial charge in [0.15, 0.2) is 0 Å². The first-order valence-corrected chi connectivity index (χ1v) is 6.44. The maximum atomic E-state index is 13.2. The van der Waals surface area contributed by atoms with Crippen LogP contribution in [0.2, 0.25) is 0 Å². The van der Waals surface area contributed by atoms with Gasteiger partial charge < -0.3 is 10.0 Å². The Morgan fingerprint density at radius 3 is 2.48 bits per heavy atom. The van der Waals surface area contributed by atoms with Gasteiger partial charge >= 0.3 is 12.1 Å². The average Bonchev–Trinajstić information content (AvgIpc) is 2.34. The summed E-state index contributed by atoms with van der Waals surface area (Å²) in [6.45, 7) is 4.34. The lowest BCUT2D eigenvalue weighted by atomic mass is 10.1. The van der Waals surface area contributed by atoms with Gasteiger partial charge in [0.1, 0.15) is 0 Å². The number of carboxylic acid groups (broad SMARTS) is 1. The van der Waals surface area contributed by atoms with Gasteiger partial charge in [0, 0.05) is 25.4 Å². The number of hydrogen-bond donors (Lipinski definition) is 1. The minimum Gasteiger partial charge on any atom is -0.478 e. The smallest absolute Gasteiger partial charge is 0.418 e. The predicted molar refractivity (Wildman–Crippen MR) is 76.2 cm³/mol. The molecule has 0 saturated heterocycles. The van der Waals surface area contributed by atoms with E-state index in [9.17, 15) is 18.0 Å². The first-order valence-electron chi connectivity index (χ1n) is 6.44. The van der Waals surface area contributed by atoms with Crippen molar-refractivity contribution in [2.24, 2.45) is 5.92 Å². The summed E-state index contributed by atoms with van der Waals surface area (Å²) in [6.07, 6.45) is -2.54. The topological polar surface area (TPSA) is 40.5 Å². The van der Waals surface area contributed by atoms with Crippen LogP contribution in [0.3, 0.4) is 0 Å². The van der Waals surface area contributed by atoms with E-state index >= 15 is 0 Å². The minimum atomic E-state index is -4.49. The Morgan fingerprint density at radius 2 is 2.00 bits per heavy atom. The number of nitrogens with zero attached hydrogens (tertiary/aromatic N) is 1. The third kappa shape index (κ3) is 5.13. The van der Waals surface area contributed by atoms with Crippen molar-refractivity contribution in [1.82, 2.24) is 0 Å². The molecule has 1 aromatic rings. The summed E-state index contributed by atoms with van der Waals surface area (Å²) >= 11 is 0. The molecule has 0 aliphatic rings. The zero-order valence-corrected chi connectivity index (χ0v) is 12.1. The molecular weight excluding hydrogens is 283 g/mol. The minimum absolute atomic E-state index is 0.0867. The van der Waals surface area contributed by atoms with Crippen molar-refractivity contribution in [3.05, 3.63) is 35.4 Å². The summed E-state index contributed by atoms with van der Waals surface area (Å²) in [5, 5.41) is 8.53. The molecule has 0 atom stereocenters. The number of halogens is 3. The first kappa shape index (κ1) is 17.1. The van der Waals surface area contributed by atoms with Gasteiger partial charge in [-0.15, -0.1) is 0 Å². The van der Waals surface area contributed by atoms with Crippen LogP contribution in [0.5, 0.6) is 0 Å². The van der Waals surface area contributed by atoms with Gasteiger partial charge in [-0.1, -0.05) is 19.9 Å². The summed E-state index contributed by atoms with van der Waals surface area (Å²) in [7, 11) is 1.61. The molecule has 6 heteroatoms. The van der Waals surface area contributed by atoms with E-state index in [-0.39, 0.29) is 17.2 Å². The highest BCUT2D eigenvalue weighted by Gasteiger charge is 2.34. The van der Waals surface area contributed by atoms with Crippen molar-refractivity contribution in [2.75, 3.05) is 18.5 Å². The monoisotopic (exact) mass is 301 g/mol. The van der Waals surface area contributed by atoms with E-state index in [1.165, 1.54) is 12.1 Å². The molecule has 0 saturated carbocycles. The van der Waals surface area contributed by atoms with Crippen LogP contribution >= 0.6 is 0 Å². The second-order valence-corrected chi connectivity index (χ2v) is 5.22. The second kappa shape index (κ2) is 6.65. The van der Waals surface area contributed by atoms with Crippen LogP contribution in [0.25, 0.3) is 6.08 Å². The van der Waals surface area contributed by atoms with Gasteiger partial charge in [0.05, 0.1) is 5.56 Å². The van der Waals surface area contributed by atoms with E-state index < -0.39 is 17.7 Å². The van der Waals surface area contributed by atoms with Crippen LogP contribution in [-0.4, -0.2) is 24.7 Å². The van der Waals surface area contributed by atoms with E-state index in [1.54, 1.807) is 11.9 Å². The summed E-state index contributed by atoms with van der Waals surface area (Å²) in [4.78, 5) is 12.0. The molecule has 116 valence electrons. The molecule has 0 heterocycles. The van der Waals surface area contributed by atoms with Crippen molar-refractivity contribution in [2.45, 2.75) is 20.0 Å². The molecule has 1 N–H and O–H groups in total. The molecule has 0 aliphatic heterocycles. The molecule has 0 fully saturated rings. The Morgan fingerprint density at radius 1 is 1.38 bits per heavy atom. The van der Waals surface area contributed by atoms with Crippen LogP contribution in [0, 0.1) is 5.92 Å². The van der Waals surface area contributed by atoms with E-state index in [0.29, 0.717) is 6.54 Å². The Labute approximate surface area is 121 Å². The van der Waals surface area contributed by atoms with Gasteiger partial charge in [-0.25, -0.2) is 4.79 Å². The molecule has 0 aromatic heterocycles. The number of benzene rings is 1. The number of carboxylic acids is 1. The number of alkyl halides is 3. The van der Waals surface area contributed by atoms with Gasteiger partial charge in [0.25, 0.3) is 0 Å². The van der Waals surface area contributed by atoms with Crippen molar-refractivity contribution in [3.8, 4) is 0 Å². The SMILES string of the molecule is CC(C)CN(C)c1ccc(/C=C/C(=O)O)cc1C(F)(F)F. The summed E-state index contributed by atoms with van der Waals surface area (Å²) in [6, 6.07) is 3.80. The number of rotatable bonds is 5. The zero-order chi connectivity index (χ0) is 16.2. The Balaban J connectivity index is 3.23. The summed E-state index contributed by atoms with van der Waals surface area (Å²) in [5.74, 6) is -0.979. The Bertz CT molecular complexity index is 536. The van der Waals surface area contributed by atoms with Crippen molar-refractivity contribution < 1.29 is 23.1 Å². The largest absolute Gasteiger partial charge is 0.478 e. The molecule has 0 unspecified atom stereocenters. The maximum Gasteiger partial charge on any atom is 0.418 e. The number of anilines is 1. The lowest BCUT2D eigenvalue weighted by molar-refractivity contribution is -0.137. The fourth-order valence-electron chi connectivity index (χ4n) is 2.03. The first-order chi connectivity index (χ1) is 9.61. The van der Waals surface area contributed by atoms with Crippen molar-refractivity contribution in [3.63, 3.8) is 0 Å². The average molecular weight is 301 g/mol. The predicted octanol–water partition coefficient (Wildman–Crippen LogP) is 3.90. The second-order valence-electron chi connectivity index (χ2n) is 5.22. The normalized spacial score (nSPS) is 12.1. The Hall–Kier alpha value is -1.98. The highest BCUT2D eigenvalue weighted by Crippen LogP contribution is 2.37. The van der Waals surface area contributed by atoms with Gasteiger partial charge in [-0.3, -0.25) is 0 Å². The summed E-state index contributed by atoms with van der Waals surface area (Å²) < 4.78 is 39.5. The standard InChI is InChI=1S/C15H18F3NO2/c1-10(2)9-19(3)13-6-4-11(5-7-14(20)21)8-12(13)15(16,17)18/h4-8,10H,9H2,1-3H3,(H,20,21)/b7-5+.